The van der Waals surface area contributed by atoms with Gasteiger partial charge in [0.1, 0.15) is 5.84 Å². The van der Waals surface area contributed by atoms with E-state index in [9.17, 15) is 4.79 Å². The van der Waals surface area contributed by atoms with Gasteiger partial charge in [-0.3, -0.25) is 4.79 Å². The molecule has 3 heterocycles. The highest BCUT2D eigenvalue weighted by Crippen LogP contribution is 2.42. The zero-order valence-corrected chi connectivity index (χ0v) is 18.0. The predicted octanol–water partition coefficient (Wildman–Crippen LogP) is 4.13. The third-order valence-corrected chi connectivity index (χ3v) is 8.08. The number of thioether (sulfide) groups is 1. The van der Waals surface area contributed by atoms with E-state index in [2.05, 4.69) is 9.89 Å². The second kappa shape index (κ2) is 8.00. The fourth-order valence-corrected chi connectivity index (χ4v) is 5.47. The molecule has 3 aliphatic heterocycles. The summed E-state index contributed by atoms with van der Waals surface area (Å²) in [6, 6.07) is 5.48. The van der Waals surface area contributed by atoms with Crippen LogP contribution in [0.1, 0.15) is 26.2 Å². The lowest BCUT2D eigenvalue weighted by molar-refractivity contribution is -0.114. The number of amidine groups is 1. The summed E-state index contributed by atoms with van der Waals surface area (Å²) < 4.78 is 5.78. The number of halogens is 2. The molecular weight excluding hydrogens is 417 g/mol. The third kappa shape index (κ3) is 3.73. The number of benzene rings is 1. The van der Waals surface area contributed by atoms with Crippen molar-refractivity contribution in [2.45, 2.75) is 43.2 Å². The van der Waals surface area contributed by atoms with E-state index in [4.69, 9.17) is 33.7 Å². The van der Waals surface area contributed by atoms with E-state index in [0.29, 0.717) is 21.4 Å². The summed E-state index contributed by atoms with van der Waals surface area (Å²) in [5, 5.41) is 0.939. The zero-order valence-electron chi connectivity index (χ0n) is 15.7. The Labute approximate surface area is 179 Å². The van der Waals surface area contributed by atoms with Gasteiger partial charge in [0.25, 0.3) is 0 Å². The first-order valence-corrected chi connectivity index (χ1v) is 11.0. The van der Waals surface area contributed by atoms with Crippen LogP contribution < -0.4 is 5.73 Å². The minimum absolute atomic E-state index is 0.0563. The van der Waals surface area contributed by atoms with Crippen LogP contribution >= 0.6 is 35.0 Å². The molecule has 0 amide bonds. The first-order valence-electron chi connectivity index (χ1n) is 9.44. The van der Waals surface area contributed by atoms with Crippen molar-refractivity contribution in [1.82, 2.24) is 4.90 Å². The van der Waals surface area contributed by atoms with Gasteiger partial charge < -0.3 is 15.4 Å². The maximum absolute atomic E-state index is 12.7. The predicted molar refractivity (Wildman–Crippen MR) is 114 cm³/mol. The minimum Gasteiger partial charge on any atom is -0.376 e. The second-order valence-corrected chi connectivity index (χ2v) is 9.55. The van der Waals surface area contributed by atoms with Crippen molar-refractivity contribution < 1.29 is 9.53 Å². The normalized spacial score (nSPS) is 27.1. The number of ether oxygens (including phenoxy) is 1. The number of nitrogens with zero attached hydrogens (tertiary/aromatic N) is 2. The Morgan fingerprint density at radius 3 is 2.71 bits per heavy atom. The molecule has 0 aromatic heterocycles. The highest BCUT2D eigenvalue weighted by Gasteiger charge is 2.47. The van der Waals surface area contributed by atoms with E-state index in [-0.39, 0.29) is 23.3 Å². The second-order valence-electron chi connectivity index (χ2n) is 7.68. The van der Waals surface area contributed by atoms with E-state index in [1.807, 2.05) is 19.1 Å². The quantitative estimate of drug-likeness (QED) is 0.749. The standard InChI is InChI=1S/C20H23Cl2N3O2S/c1-12-19(23)20(11-27-12)5-7-25(8-6-20)17-9-14(26)16(10-24-17)28-15-4-2-3-13(21)18(15)22/h2-4,10,12,19H,5-9,11,23H2,1H3/t12-,19+/m0/s1. The number of nitrogens with two attached hydrogens (primary N) is 1. The van der Waals surface area contributed by atoms with E-state index in [1.165, 1.54) is 11.8 Å². The molecule has 5 nitrogen and oxygen atoms in total. The van der Waals surface area contributed by atoms with Crippen LogP contribution in [0, 0.1) is 5.41 Å². The van der Waals surface area contributed by atoms with Gasteiger partial charge in [-0.15, -0.1) is 0 Å². The number of carbonyl (C=O) groups excluding carboxylic acids is 1. The average Bonchev–Trinajstić information content (AvgIpc) is 2.96. The summed E-state index contributed by atoms with van der Waals surface area (Å²) in [6.07, 6.45) is 4.01. The fourth-order valence-electron chi connectivity index (χ4n) is 4.12. The molecule has 28 heavy (non-hydrogen) atoms. The molecule has 2 atom stereocenters. The summed E-state index contributed by atoms with van der Waals surface area (Å²) in [4.78, 5) is 20.8. The monoisotopic (exact) mass is 439 g/mol. The van der Waals surface area contributed by atoms with Crippen LogP contribution in [0.25, 0.3) is 0 Å². The first-order chi connectivity index (χ1) is 13.4. The highest BCUT2D eigenvalue weighted by atomic mass is 35.5. The smallest absolute Gasteiger partial charge is 0.178 e. The van der Waals surface area contributed by atoms with Crippen molar-refractivity contribution in [3.63, 3.8) is 0 Å². The zero-order chi connectivity index (χ0) is 19.9. The number of rotatable bonds is 2. The molecule has 0 unspecified atom stereocenters. The van der Waals surface area contributed by atoms with Crippen LogP contribution in [0.5, 0.6) is 0 Å². The number of hydrogen-bond acceptors (Lipinski definition) is 6. The van der Waals surface area contributed by atoms with Crippen molar-refractivity contribution >= 4 is 46.6 Å². The van der Waals surface area contributed by atoms with Crippen molar-refractivity contribution in [2.24, 2.45) is 16.1 Å². The Bertz CT molecular complexity index is 850. The van der Waals surface area contributed by atoms with Gasteiger partial charge in [0, 0.05) is 35.6 Å². The van der Waals surface area contributed by atoms with Crippen LogP contribution in [0.3, 0.4) is 0 Å². The van der Waals surface area contributed by atoms with Gasteiger partial charge in [-0.2, -0.15) is 0 Å². The van der Waals surface area contributed by atoms with Crippen molar-refractivity contribution in [1.29, 1.82) is 0 Å². The molecule has 2 saturated heterocycles. The molecule has 0 aliphatic carbocycles. The van der Waals surface area contributed by atoms with Gasteiger partial charge in [0.2, 0.25) is 0 Å². The van der Waals surface area contributed by atoms with Gasteiger partial charge in [-0.25, -0.2) is 4.99 Å². The molecule has 1 spiro atoms. The summed E-state index contributed by atoms with van der Waals surface area (Å²) in [7, 11) is 0. The summed E-state index contributed by atoms with van der Waals surface area (Å²) in [5.74, 6) is 0.891. The molecular formula is C20H23Cl2N3O2S. The molecule has 0 bridgehead atoms. The molecule has 0 saturated carbocycles. The summed E-state index contributed by atoms with van der Waals surface area (Å²) >= 11 is 13.6. The van der Waals surface area contributed by atoms with Crippen molar-refractivity contribution in [3.05, 3.63) is 39.3 Å². The van der Waals surface area contributed by atoms with E-state index < -0.39 is 0 Å². The van der Waals surface area contributed by atoms with E-state index in [0.717, 1.165) is 43.3 Å². The van der Waals surface area contributed by atoms with Gasteiger partial charge in [0.05, 0.1) is 34.1 Å². The Balaban J connectivity index is 1.43. The number of carbonyl (C=O) groups is 1. The number of hydrogen-bond donors (Lipinski definition) is 1. The Morgan fingerprint density at radius 2 is 2.07 bits per heavy atom. The van der Waals surface area contributed by atoms with Crippen LogP contribution in [0.4, 0.5) is 0 Å². The number of likely N-dealkylation sites (tertiary alicyclic amines) is 1. The SMILES string of the molecule is C[C@@H]1OCC2(CCN(C3=NC=C(Sc4cccc(Cl)c4Cl)C(=O)C3)CC2)[C@@H]1N. The molecule has 3 aliphatic rings. The molecule has 1 aromatic rings. The Kier molecular flexibility index (Phi) is 5.78. The number of Topliss-reactive ketones (excluding diaryl/α,β-unsaturated/α-hetero) is 1. The summed E-state index contributed by atoms with van der Waals surface area (Å²) in [5.41, 5.74) is 6.45. The highest BCUT2D eigenvalue weighted by molar-refractivity contribution is 8.04. The van der Waals surface area contributed by atoms with Gasteiger partial charge in [0.15, 0.2) is 5.78 Å². The number of aliphatic imine (C=N–C) groups is 1. The fraction of sp³-hybridized carbons (Fsp3) is 0.500. The number of allylic oxidation sites excluding steroid dienone is 1. The molecule has 0 radical (unpaired) electrons. The van der Waals surface area contributed by atoms with E-state index >= 15 is 0 Å². The molecule has 4 rings (SSSR count). The Morgan fingerprint density at radius 1 is 1.32 bits per heavy atom. The van der Waals surface area contributed by atoms with Crippen LogP contribution in [-0.2, 0) is 9.53 Å². The largest absolute Gasteiger partial charge is 0.376 e. The average molecular weight is 440 g/mol. The van der Waals surface area contributed by atoms with Crippen molar-refractivity contribution in [2.75, 3.05) is 19.7 Å². The first kappa shape index (κ1) is 20.2. The van der Waals surface area contributed by atoms with Gasteiger partial charge >= 0.3 is 0 Å². The van der Waals surface area contributed by atoms with E-state index in [1.54, 1.807) is 12.3 Å². The number of ketones is 1. The minimum atomic E-state index is 0.0563. The Hall–Kier alpha value is -1.05. The van der Waals surface area contributed by atoms with Crippen LogP contribution in [0.2, 0.25) is 10.0 Å². The lowest BCUT2D eigenvalue weighted by Gasteiger charge is -2.42. The molecule has 150 valence electrons. The lowest BCUT2D eigenvalue weighted by atomic mass is 9.73. The maximum atomic E-state index is 12.7. The topological polar surface area (TPSA) is 67.9 Å². The maximum Gasteiger partial charge on any atom is 0.178 e. The summed E-state index contributed by atoms with van der Waals surface area (Å²) in [6.45, 7) is 4.49. The van der Waals surface area contributed by atoms with Crippen LogP contribution in [-0.4, -0.2) is 48.4 Å². The third-order valence-electron chi connectivity index (χ3n) is 6.03. The number of piperidine rings is 1. The molecule has 2 fully saturated rings. The molecule has 2 N–H and O–H groups in total. The van der Waals surface area contributed by atoms with Crippen molar-refractivity contribution in [3.8, 4) is 0 Å². The van der Waals surface area contributed by atoms with Crippen LogP contribution in [0.15, 0.2) is 39.2 Å². The lowest BCUT2D eigenvalue weighted by Crippen LogP contribution is -2.52. The van der Waals surface area contributed by atoms with Gasteiger partial charge in [-0.05, 0) is 31.9 Å². The molecule has 1 aromatic carbocycles. The van der Waals surface area contributed by atoms with Gasteiger partial charge in [-0.1, -0.05) is 41.0 Å². The molecule has 8 heteroatoms.